The first-order chi connectivity index (χ1) is 8.76. The van der Waals surface area contributed by atoms with Crippen LogP contribution in [0.25, 0.3) is 10.6 Å². The van der Waals surface area contributed by atoms with Crippen LogP contribution in [0, 0.1) is 6.92 Å². The second kappa shape index (κ2) is 6.07. The Labute approximate surface area is 112 Å². The van der Waals surface area contributed by atoms with Crippen LogP contribution in [0.3, 0.4) is 0 Å². The summed E-state index contributed by atoms with van der Waals surface area (Å²) in [7, 11) is 1.97. The Morgan fingerprint density at radius 1 is 1.39 bits per heavy atom. The van der Waals surface area contributed by atoms with Crippen LogP contribution in [0.15, 0.2) is 23.7 Å². The number of likely N-dealkylation sites (N-methyl/N-ethyl adjacent to an activating group) is 1. The molecular formula is C14H19N3S. The summed E-state index contributed by atoms with van der Waals surface area (Å²) in [5, 5.41) is 5.31. The summed E-state index contributed by atoms with van der Waals surface area (Å²) in [5.74, 6) is 1.33. The molecule has 0 aliphatic rings. The number of thiophene rings is 1. The number of nitrogens with one attached hydrogen (secondary N) is 1. The van der Waals surface area contributed by atoms with Crippen molar-refractivity contribution in [3.05, 3.63) is 35.1 Å². The van der Waals surface area contributed by atoms with Crippen LogP contribution in [-0.2, 0) is 0 Å². The van der Waals surface area contributed by atoms with Crippen LogP contribution in [0.4, 0.5) is 0 Å². The quantitative estimate of drug-likeness (QED) is 0.898. The van der Waals surface area contributed by atoms with E-state index in [1.54, 1.807) is 11.3 Å². The summed E-state index contributed by atoms with van der Waals surface area (Å²) in [6.45, 7) is 5.22. The van der Waals surface area contributed by atoms with Gasteiger partial charge in [0.05, 0.1) is 10.6 Å². The van der Waals surface area contributed by atoms with Gasteiger partial charge in [-0.25, -0.2) is 9.97 Å². The number of hydrogen-bond donors (Lipinski definition) is 1. The van der Waals surface area contributed by atoms with Gasteiger partial charge in [0.25, 0.3) is 0 Å². The summed E-state index contributed by atoms with van der Waals surface area (Å²) in [5.41, 5.74) is 2.33. The molecule has 3 nitrogen and oxygen atoms in total. The number of nitrogens with zero attached hydrogens (tertiary/aromatic N) is 2. The van der Waals surface area contributed by atoms with Crippen molar-refractivity contribution >= 4 is 11.3 Å². The van der Waals surface area contributed by atoms with Crippen molar-refractivity contribution < 1.29 is 0 Å². The van der Waals surface area contributed by atoms with Crippen molar-refractivity contribution in [1.29, 1.82) is 0 Å². The third-order valence-electron chi connectivity index (χ3n) is 3.08. The molecule has 2 heterocycles. The van der Waals surface area contributed by atoms with E-state index in [9.17, 15) is 0 Å². The molecule has 1 N–H and O–H groups in total. The molecule has 1 atom stereocenters. The molecule has 0 bridgehead atoms. The van der Waals surface area contributed by atoms with Gasteiger partial charge in [-0.05, 0) is 43.5 Å². The van der Waals surface area contributed by atoms with Crippen molar-refractivity contribution in [2.24, 2.45) is 0 Å². The van der Waals surface area contributed by atoms with Crippen LogP contribution in [-0.4, -0.2) is 23.6 Å². The first kappa shape index (κ1) is 13.2. The van der Waals surface area contributed by atoms with E-state index < -0.39 is 0 Å². The molecule has 0 saturated carbocycles. The van der Waals surface area contributed by atoms with Gasteiger partial charge in [0.1, 0.15) is 5.82 Å². The van der Waals surface area contributed by atoms with Crippen molar-refractivity contribution in [2.45, 2.75) is 26.2 Å². The molecule has 0 spiro atoms. The first-order valence-electron chi connectivity index (χ1n) is 6.28. The lowest BCUT2D eigenvalue weighted by atomic mass is 10.1. The fourth-order valence-corrected chi connectivity index (χ4v) is 2.89. The summed E-state index contributed by atoms with van der Waals surface area (Å²) in [6, 6.07) is 4.13. The van der Waals surface area contributed by atoms with Crippen molar-refractivity contribution in [1.82, 2.24) is 15.3 Å². The fourth-order valence-electron chi connectivity index (χ4n) is 2.00. The Bertz CT molecular complexity index is 507. The second-order valence-electron chi connectivity index (χ2n) is 4.40. The van der Waals surface area contributed by atoms with Gasteiger partial charge in [-0.2, -0.15) is 0 Å². The van der Waals surface area contributed by atoms with E-state index in [0.717, 1.165) is 24.5 Å². The molecule has 0 fully saturated rings. The Morgan fingerprint density at radius 2 is 2.22 bits per heavy atom. The van der Waals surface area contributed by atoms with Crippen LogP contribution < -0.4 is 5.32 Å². The minimum absolute atomic E-state index is 0.384. The maximum atomic E-state index is 4.73. The van der Waals surface area contributed by atoms with Gasteiger partial charge >= 0.3 is 0 Å². The van der Waals surface area contributed by atoms with Crippen molar-refractivity contribution in [3.63, 3.8) is 0 Å². The van der Waals surface area contributed by atoms with E-state index in [-0.39, 0.29) is 0 Å². The van der Waals surface area contributed by atoms with Crippen LogP contribution in [0.5, 0.6) is 0 Å². The van der Waals surface area contributed by atoms with Crippen molar-refractivity contribution in [3.8, 4) is 10.6 Å². The molecule has 2 aromatic heterocycles. The Hall–Kier alpha value is -1.26. The highest BCUT2D eigenvalue weighted by atomic mass is 32.1. The highest BCUT2D eigenvalue weighted by Crippen LogP contribution is 2.28. The number of rotatable bonds is 5. The number of aryl methyl sites for hydroxylation is 1. The van der Waals surface area contributed by atoms with Gasteiger partial charge < -0.3 is 5.32 Å². The average molecular weight is 261 g/mol. The largest absolute Gasteiger partial charge is 0.319 e. The number of aromatic nitrogens is 2. The van der Waals surface area contributed by atoms with Gasteiger partial charge in [-0.1, -0.05) is 6.92 Å². The third-order valence-corrected chi connectivity index (χ3v) is 4.12. The smallest absolute Gasteiger partial charge is 0.133 e. The molecule has 0 amide bonds. The SMILES string of the molecule is CCC(CNC)c1nccc(-c2sccc2C)n1. The van der Waals surface area contributed by atoms with Gasteiger partial charge in [-0.15, -0.1) is 11.3 Å². The predicted molar refractivity (Wildman–Crippen MR) is 77.0 cm³/mol. The predicted octanol–water partition coefficient (Wildman–Crippen LogP) is 3.23. The molecule has 18 heavy (non-hydrogen) atoms. The minimum Gasteiger partial charge on any atom is -0.319 e. The maximum absolute atomic E-state index is 4.73. The average Bonchev–Trinajstić information content (AvgIpc) is 2.82. The van der Waals surface area contributed by atoms with E-state index in [4.69, 9.17) is 4.98 Å². The van der Waals surface area contributed by atoms with E-state index in [1.165, 1.54) is 10.4 Å². The molecule has 0 aliphatic carbocycles. The Balaban J connectivity index is 2.33. The molecule has 0 saturated heterocycles. The number of hydrogen-bond acceptors (Lipinski definition) is 4. The zero-order valence-corrected chi connectivity index (χ0v) is 11.9. The topological polar surface area (TPSA) is 37.8 Å². The Kier molecular flexibility index (Phi) is 4.44. The second-order valence-corrected chi connectivity index (χ2v) is 5.31. The highest BCUT2D eigenvalue weighted by Gasteiger charge is 2.13. The van der Waals surface area contributed by atoms with Gasteiger partial charge in [-0.3, -0.25) is 0 Å². The van der Waals surface area contributed by atoms with E-state index in [0.29, 0.717) is 5.92 Å². The normalized spacial score (nSPS) is 12.6. The molecule has 2 aromatic rings. The fraction of sp³-hybridized carbons (Fsp3) is 0.429. The third kappa shape index (κ3) is 2.76. The molecule has 0 aliphatic heterocycles. The molecule has 0 aromatic carbocycles. The van der Waals surface area contributed by atoms with Crippen LogP contribution in [0.2, 0.25) is 0 Å². The summed E-state index contributed by atoms with van der Waals surface area (Å²) in [6.07, 6.45) is 2.92. The molecule has 4 heteroatoms. The molecule has 2 rings (SSSR count). The summed E-state index contributed by atoms with van der Waals surface area (Å²) in [4.78, 5) is 10.4. The summed E-state index contributed by atoms with van der Waals surface area (Å²) < 4.78 is 0. The standard InChI is InChI=1S/C14H19N3S/c1-4-11(9-15-3)14-16-7-5-12(17-14)13-10(2)6-8-18-13/h5-8,11,15H,4,9H2,1-3H3. The minimum atomic E-state index is 0.384. The monoisotopic (exact) mass is 261 g/mol. The molecule has 0 radical (unpaired) electrons. The lowest BCUT2D eigenvalue weighted by molar-refractivity contribution is 0.580. The Morgan fingerprint density at radius 3 is 2.83 bits per heavy atom. The van der Waals surface area contributed by atoms with Crippen LogP contribution >= 0.6 is 11.3 Å². The maximum Gasteiger partial charge on any atom is 0.133 e. The first-order valence-corrected chi connectivity index (χ1v) is 7.16. The zero-order valence-electron chi connectivity index (χ0n) is 11.1. The molecule has 1 unspecified atom stereocenters. The lowest BCUT2D eigenvalue weighted by Gasteiger charge is -2.13. The lowest BCUT2D eigenvalue weighted by Crippen LogP contribution is -2.18. The van der Waals surface area contributed by atoms with Gasteiger partial charge in [0.15, 0.2) is 0 Å². The van der Waals surface area contributed by atoms with Crippen LogP contribution in [0.1, 0.15) is 30.7 Å². The van der Waals surface area contributed by atoms with Gasteiger partial charge in [0.2, 0.25) is 0 Å². The molecule has 96 valence electrons. The molecular weight excluding hydrogens is 242 g/mol. The van der Waals surface area contributed by atoms with E-state index >= 15 is 0 Å². The van der Waals surface area contributed by atoms with Gasteiger partial charge in [0, 0.05) is 18.7 Å². The summed E-state index contributed by atoms with van der Waals surface area (Å²) >= 11 is 1.74. The van der Waals surface area contributed by atoms with E-state index in [1.807, 2.05) is 19.3 Å². The van der Waals surface area contributed by atoms with E-state index in [2.05, 4.69) is 35.6 Å². The van der Waals surface area contributed by atoms with Crippen molar-refractivity contribution in [2.75, 3.05) is 13.6 Å². The zero-order chi connectivity index (χ0) is 13.0. The highest BCUT2D eigenvalue weighted by molar-refractivity contribution is 7.13.